The molecule has 0 aromatic heterocycles. The molecule has 0 saturated carbocycles. The number of hydrogen-bond acceptors (Lipinski definition) is 2. The molecule has 0 aliphatic carbocycles. The highest BCUT2D eigenvalue weighted by Gasteiger charge is 2.13. The van der Waals surface area contributed by atoms with E-state index in [0.29, 0.717) is 25.2 Å². The van der Waals surface area contributed by atoms with Crippen molar-refractivity contribution in [1.29, 1.82) is 0 Å². The van der Waals surface area contributed by atoms with Crippen LogP contribution in [0.3, 0.4) is 0 Å². The van der Waals surface area contributed by atoms with E-state index in [2.05, 4.69) is 0 Å². The molecule has 0 bridgehead atoms. The summed E-state index contributed by atoms with van der Waals surface area (Å²) in [7, 11) is 0. The molecule has 1 aliphatic rings. The summed E-state index contributed by atoms with van der Waals surface area (Å²) >= 11 is 0. The van der Waals surface area contributed by atoms with Crippen molar-refractivity contribution in [3.63, 3.8) is 0 Å². The van der Waals surface area contributed by atoms with Gasteiger partial charge in [0.25, 0.3) is 0 Å². The van der Waals surface area contributed by atoms with E-state index >= 15 is 0 Å². The maximum atomic E-state index is 13.2. The van der Waals surface area contributed by atoms with Crippen molar-refractivity contribution in [3.05, 3.63) is 41.5 Å². The third kappa shape index (κ3) is 2.87. The van der Waals surface area contributed by atoms with Gasteiger partial charge in [0, 0.05) is 18.1 Å². The van der Waals surface area contributed by atoms with Gasteiger partial charge in [-0.25, -0.2) is 8.78 Å². The van der Waals surface area contributed by atoms with E-state index in [4.69, 9.17) is 9.47 Å². The predicted molar refractivity (Wildman–Crippen MR) is 55.7 cm³/mol. The van der Waals surface area contributed by atoms with Crippen molar-refractivity contribution in [1.82, 2.24) is 0 Å². The predicted octanol–water partition coefficient (Wildman–Crippen LogP) is 2.74. The third-order valence-corrected chi connectivity index (χ3v) is 2.28. The lowest BCUT2D eigenvalue weighted by atomic mass is 10.2. The fourth-order valence-corrected chi connectivity index (χ4v) is 1.49. The zero-order chi connectivity index (χ0) is 11.4. The summed E-state index contributed by atoms with van der Waals surface area (Å²) in [5.41, 5.74) is 0.361. The Morgan fingerprint density at radius 2 is 2.00 bits per heavy atom. The Kier molecular flexibility index (Phi) is 3.64. The molecule has 1 heterocycles. The summed E-state index contributed by atoms with van der Waals surface area (Å²) in [6.07, 6.45) is 3.68. The van der Waals surface area contributed by atoms with E-state index in [9.17, 15) is 8.78 Å². The average Bonchev–Trinajstić information content (AvgIpc) is 2.74. The molecule has 0 amide bonds. The molecular formula is C12H12F2O2. The number of benzene rings is 1. The molecule has 16 heavy (non-hydrogen) atoms. The highest BCUT2D eigenvalue weighted by Crippen LogP contribution is 2.13. The van der Waals surface area contributed by atoms with Crippen LogP contribution in [0.25, 0.3) is 6.08 Å². The standard InChI is InChI=1S/C12H12F2O2/c13-10-5-4-9(11(14)8-10)2-1-3-12-15-6-7-16-12/h1-2,4-5,8,12H,3,6-7H2/b2-1+. The van der Waals surface area contributed by atoms with Gasteiger partial charge < -0.3 is 9.47 Å². The molecule has 0 N–H and O–H groups in total. The van der Waals surface area contributed by atoms with Crippen molar-refractivity contribution in [2.24, 2.45) is 0 Å². The Hall–Kier alpha value is -1.26. The molecule has 2 nitrogen and oxygen atoms in total. The second-order valence-electron chi connectivity index (χ2n) is 3.48. The molecule has 0 atom stereocenters. The average molecular weight is 226 g/mol. The molecule has 0 radical (unpaired) electrons. The summed E-state index contributed by atoms with van der Waals surface area (Å²) < 4.78 is 36.2. The minimum absolute atomic E-state index is 0.236. The van der Waals surface area contributed by atoms with Crippen molar-refractivity contribution in [2.45, 2.75) is 12.7 Å². The first-order valence-electron chi connectivity index (χ1n) is 5.10. The van der Waals surface area contributed by atoms with Gasteiger partial charge >= 0.3 is 0 Å². The molecule has 1 fully saturated rings. The lowest BCUT2D eigenvalue weighted by Crippen LogP contribution is -2.04. The second kappa shape index (κ2) is 5.18. The van der Waals surface area contributed by atoms with E-state index in [1.165, 1.54) is 12.1 Å². The van der Waals surface area contributed by atoms with Crippen LogP contribution >= 0.6 is 0 Å². The van der Waals surface area contributed by atoms with Crippen molar-refractivity contribution < 1.29 is 18.3 Å². The molecule has 4 heteroatoms. The fraction of sp³-hybridized carbons (Fsp3) is 0.333. The van der Waals surface area contributed by atoms with Gasteiger partial charge in [0.1, 0.15) is 11.6 Å². The van der Waals surface area contributed by atoms with Gasteiger partial charge in [-0.05, 0) is 12.1 Å². The Labute approximate surface area is 92.5 Å². The molecule has 0 unspecified atom stereocenters. The van der Waals surface area contributed by atoms with Crippen molar-refractivity contribution in [2.75, 3.05) is 13.2 Å². The summed E-state index contributed by atoms with van der Waals surface area (Å²) in [6.45, 7) is 1.20. The Bertz CT molecular complexity index is 385. The molecule has 2 rings (SSSR count). The minimum Gasteiger partial charge on any atom is -0.350 e. The smallest absolute Gasteiger partial charge is 0.161 e. The van der Waals surface area contributed by atoms with Crippen LogP contribution in [0.5, 0.6) is 0 Å². The third-order valence-electron chi connectivity index (χ3n) is 2.28. The van der Waals surface area contributed by atoms with Crippen LogP contribution in [-0.2, 0) is 9.47 Å². The quantitative estimate of drug-likeness (QED) is 0.789. The number of hydrogen-bond donors (Lipinski definition) is 0. The van der Waals surface area contributed by atoms with Crippen LogP contribution in [0.2, 0.25) is 0 Å². The second-order valence-corrected chi connectivity index (χ2v) is 3.48. The van der Waals surface area contributed by atoms with Gasteiger partial charge in [-0.1, -0.05) is 12.2 Å². The van der Waals surface area contributed by atoms with Gasteiger partial charge in [-0.15, -0.1) is 0 Å². The zero-order valence-electron chi connectivity index (χ0n) is 8.66. The lowest BCUT2D eigenvalue weighted by Gasteiger charge is -2.04. The Balaban J connectivity index is 1.94. The number of rotatable bonds is 3. The van der Waals surface area contributed by atoms with Gasteiger partial charge in [-0.2, -0.15) is 0 Å². The highest BCUT2D eigenvalue weighted by atomic mass is 19.1. The summed E-state index contributed by atoms with van der Waals surface area (Å²) in [5.74, 6) is -1.14. The first-order chi connectivity index (χ1) is 7.75. The largest absolute Gasteiger partial charge is 0.350 e. The first-order valence-corrected chi connectivity index (χ1v) is 5.10. The molecule has 1 aromatic rings. The minimum atomic E-state index is -0.572. The molecule has 1 aromatic carbocycles. The fourth-order valence-electron chi connectivity index (χ4n) is 1.49. The van der Waals surface area contributed by atoms with Crippen LogP contribution in [-0.4, -0.2) is 19.5 Å². The van der Waals surface area contributed by atoms with Crippen LogP contribution < -0.4 is 0 Å². The highest BCUT2D eigenvalue weighted by molar-refractivity contribution is 5.49. The van der Waals surface area contributed by atoms with E-state index in [1.807, 2.05) is 0 Å². The van der Waals surface area contributed by atoms with Gasteiger partial charge in [0.15, 0.2) is 6.29 Å². The van der Waals surface area contributed by atoms with Gasteiger partial charge in [0.2, 0.25) is 0 Å². The Morgan fingerprint density at radius 1 is 1.25 bits per heavy atom. The molecule has 1 saturated heterocycles. The maximum absolute atomic E-state index is 13.2. The topological polar surface area (TPSA) is 18.5 Å². The van der Waals surface area contributed by atoms with Gasteiger partial charge in [-0.3, -0.25) is 0 Å². The summed E-state index contributed by atoms with van der Waals surface area (Å²) in [4.78, 5) is 0. The van der Waals surface area contributed by atoms with Crippen LogP contribution in [0.15, 0.2) is 24.3 Å². The van der Waals surface area contributed by atoms with E-state index < -0.39 is 11.6 Å². The van der Waals surface area contributed by atoms with E-state index in [-0.39, 0.29) is 6.29 Å². The lowest BCUT2D eigenvalue weighted by molar-refractivity contribution is -0.0379. The molecule has 86 valence electrons. The Morgan fingerprint density at radius 3 is 2.69 bits per heavy atom. The van der Waals surface area contributed by atoms with Crippen LogP contribution in [0, 0.1) is 11.6 Å². The monoisotopic (exact) mass is 226 g/mol. The van der Waals surface area contributed by atoms with Gasteiger partial charge in [0.05, 0.1) is 13.2 Å². The number of halogens is 2. The van der Waals surface area contributed by atoms with E-state index in [1.54, 1.807) is 12.2 Å². The molecular weight excluding hydrogens is 214 g/mol. The zero-order valence-corrected chi connectivity index (χ0v) is 8.66. The molecule has 1 aliphatic heterocycles. The normalized spacial score (nSPS) is 17.4. The van der Waals surface area contributed by atoms with E-state index in [0.717, 1.165) is 6.07 Å². The summed E-state index contributed by atoms with van der Waals surface area (Å²) in [5, 5.41) is 0. The maximum Gasteiger partial charge on any atom is 0.161 e. The SMILES string of the molecule is Fc1ccc(/C=C/CC2OCCO2)c(F)c1. The molecule has 0 spiro atoms. The summed E-state index contributed by atoms with van der Waals surface area (Å²) in [6, 6.07) is 3.49. The first kappa shape index (κ1) is 11.2. The number of ether oxygens (including phenoxy) is 2. The van der Waals surface area contributed by atoms with Crippen molar-refractivity contribution >= 4 is 6.08 Å². The van der Waals surface area contributed by atoms with Crippen molar-refractivity contribution in [3.8, 4) is 0 Å². The van der Waals surface area contributed by atoms with Crippen LogP contribution in [0.4, 0.5) is 8.78 Å². The van der Waals surface area contributed by atoms with Crippen LogP contribution in [0.1, 0.15) is 12.0 Å².